The van der Waals surface area contributed by atoms with E-state index in [1.54, 1.807) is 0 Å². The van der Waals surface area contributed by atoms with Gasteiger partial charge in [0.2, 0.25) is 0 Å². The SMILES string of the molecule is CC/C=C\C/C=C\C/C=C\C/C=C\C/C=C\C/C=C\CCC(=O)OC(COC(=O)CCCCCCC/C=C\C/C=C\CCCCC)COC(=O)CCCCCCCCCCCCCCCCCCC/C=C\C/C=C\CCCCCCC. The van der Waals surface area contributed by atoms with Crippen LogP contribution >= 0.6 is 0 Å². The van der Waals surface area contributed by atoms with Crippen molar-refractivity contribution in [2.24, 2.45) is 0 Å². The van der Waals surface area contributed by atoms with Gasteiger partial charge in [-0.3, -0.25) is 14.4 Å². The van der Waals surface area contributed by atoms with Crippen LogP contribution in [0, 0.1) is 0 Å². The van der Waals surface area contributed by atoms with Crippen molar-refractivity contribution in [3.8, 4) is 0 Å². The maximum Gasteiger partial charge on any atom is 0.306 e. The van der Waals surface area contributed by atoms with E-state index in [9.17, 15) is 14.4 Å². The fourth-order valence-electron chi connectivity index (χ4n) is 9.35. The van der Waals surface area contributed by atoms with Crippen molar-refractivity contribution in [3.05, 3.63) is 122 Å². The Labute approximate surface area is 501 Å². The summed E-state index contributed by atoms with van der Waals surface area (Å²) >= 11 is 0. The summed E-state index contributed by atoms with van der Waals surface area (Å²) in [5.74, 6) is -1.01. The summed E-state index contributed by atoms with van der Waals surface area (Å²) in [6.45, 7) is 6.44. The second-order valence-electron chi connectivity index (χ2n) is 22.3. The lowest BCUT2D eigenvalue weighted by molar-refractivity contribution is -0.166. The molecule has 81 heavy (non-hydrogen) atoms. The van der Waals surface area contributed by atoms with Crippen molar-refractivity contribution < 1.29 is 28.6 Å². The smallest absolute Gasteiger partial charge is 0.306 e. The summed E-state index contributed by atoms with van der Waals surface area (Å²) in [4.78, 5) is 38.3. The minimum absolute atomic E-state index is 0.113. The van der Waals surface area contributed by atoms with E-state index in [1.165, 1.54) is 161 Å². The lowest BCUT2D eigenvalue weighted by atomic mass is 10.0. The number of allylic oxidation sites excluding steroid dienone is 20. The molecule has 0 bridgehead atoms. The Morgan fingerprint density at radius 3 is 0.827 bits per heavy atom. The summed E-state index contributed by atoms with van der Waals surface area (Å²) in [7, 11) is 0. The van der Waals surface area contributed by atoms with Gasteiger partial charge < -0.3 is 14.2 Å². The molecule has 1 atom stereocenters. The predicted molar refractivity (Wildman–Crippen MR) is 353 cm³/mol. The van der Waals surface area contributed by atoms with Crippen LogP contribution in [0.2, 0.25) is 0 Å². The summed E-state index contributed by atoms with van der Waals surface area (Å²) in [6, 6.07) is 0. The standard InChI is InChI=1S/C75H126O6/c1-4-7-10-13-16-19-22-25-28-30-32-33-34-35-36-37-38-39-40-41-43-44-47-50-53-56-59-62-65-68-74(77)80-71-72(70-79-73(76)67-64-61-58-55-52-49-46-27-24-21-18-15-12-9-6-3)81-75(78)69-66-63-60-57-54-51-48-45-42-31-29-26-23-20-17-14-11-8-5-2/h8,11,17-18,20-22,25-27,29-30,32,42,45-46,51,54,60,63,72H,4-7,9-10,12-16,19,23-24,28,31,33-41,43-44,47-50,52-53,55-59,61-62,64-71H2,1-3H3/b11-8-,20-17-,21-18-,25-22-,29-26-,32-30-,45-42-,46-27-,54-51-,63-60-. The van der Waals surface area contributed by atoms with Crippen molar-refractivity contribution in [2.45, 2.75) is 322 Å². The number of rotatable bonds is 61. The molecule has 0 aromatic carbocycles. The van der Waals surface area contributed by atoms with E-state index in [0.29, 0.717) is 19.3 Å². The second kappa shape index (κ2) is 68.3. The maximum absolute atomic E-state index is 12.9. The molecule has 0 saturated heterocycles. The molecule has 0 aromatic heterocycles. The van der Waals surface area contributed by atoms with Gasteiger partial charge in [0.05, 0.1) is 0 Å². The zero-order valence-electron chi connectivity index (χ0n) is 53.0. The van der Waals surface area contributed by atoms with Gasteiger partial charge in [-0.1, -0.05) is 296 Å². The Morgan fingerprint density at radius 2 is 0.506 bits per heavy atom. The monoisotopic (exact) mass is 1120 g/mol. The molecule has 0 heterocycles. The Hall–Kier alpha value is -4.19. The molecule has 0 radical (unpaired) electrons. The van der Waals surface area contributed by atoms with Gasteiger partial charge in [0.25, 0.3) is 0 Å². The van der Waals surface area contributed by atoms with E-state index in [4.69, 9.17) is 14.2 Å². The summed E-state index contributed by atoms with van der Waals surface area (Å²) in [6.07, 6.45) is 95.2. The molecule has 0 spiro atoms. The first kappa shape index (κ1) is 76.8. The lowest BCUT2D eigenvalue weighted by Crippen LogP contribution is -2.30. The van der Waals surface area contributed by atoms with Gasteiger partial charge in [0.15, 0.2) is 6.10 Å². The van der Waals surface area contributed by atoms with Crippen LogP contribution in [0.1, 0.15) is 316 Å². The van der Waals surface area contributed by atoms with Gasteiger partial charge in [-0.25, -0.2) is 0 Å². The van der Waals surface area contributed by atoms with Crippen molar-refractivity contribution in [3.63, 3.8) is 0 Å². The topological polar surface area (TPSA) is 78.9 Å². The van der Waals surface area contributed by atoms with E-state index in [1.807, 2.05) is 6.08 Å². The number of carbonyl (C=O) groups is 3. The van der Waals surface area contributed by atoms with Crippen molar-refractivity contribution >= 4 is 17.9 Å². The molecule has 0 aliphatic carbocycles. The average molecular weight is 1120 g/mol. The van der Waals surface area contributed by atoms with Gasteiger partial charge >= 0.3 is 17.9 Å². The van der Waals surface area contributed by atoms with E-state index in [2.05, 4.69) is 136 Å². The van der Waals surface area contributed by atoms with Gasteiger partial charge in [-0.05, 0) is 122 Å². The minimum atomic E-state index is -0.828. The van der Waals surface area contributed by atoms with E-state index in [-0.39, 0.29) is 31.6 Å². The van der Waals surface area contributed by atoms with Crippen LogP contribution in [0.4, 0.5) is 0 Å². The van der Waals surface area contributed by atoms with Crippen LogP contribution in [-0.2, 0) is 28.6 Å². The molecular formula is C75H126O6. The Kier molecular flexibility index (Phi) is 64.8. The molecule has 0 amide bonds. The first-order chi connectivity index (χ1) is 40.0. The molecule has 6 nitrogen and oxygen atoms in total. The highest BCUT2D eigenvalue weighted by atomic mass is 16.6. The molecule has 1 unspecified atom stereocenters. The van der Waals surface area contributed by atoms with Crippen LogP contribution in [0.15, 0.2) is 122 Å². The first-order valence-corrected chi connectivity index (χ1v) is 34.0. The third-order valence-corrected chi connectivity index (χ3v) is 14.4. The van der Waals surface area contributed by atoms with Crippen molar-refractivity contribution in [2.75, 3.05) is 13.2 Å². The van der Waals surface area contributed by atoms with Crippen LogP contribution in [0.3, 0.4) is 0 Å². The third-order valence-electron chi connectivity index (χ3n) is 14.4. The Morgan fingerprint density at radius 1 is 0.259 bits per heavy atom. The predicted octanol–water partition coefficient (Wildman–Crippen LogP) is 23.6. The van der Waals surface area contributed by atoms with Gasteiger partial charge in [-0.2, -0.15) is 0 Å². The molecule has 462 valence electrons. The summed E-state index contributed by atoms with van der Waals surface area (Å²) < 4.78 is 16.9. The van der Waals surface area contributed by atoms with Gasteiger partial charge in [0, 0.05) is 19.3 Å². The van der Waals surface area contributed by atoms with Gasteiger partial charge in [-0.15, -0.1) is 0 Å². The number of carbonyl (C=O) groups excluding carboxylic acids is 3. The Bertz CT molecular complexity index is 1670. The first-order valence-electron chi connectivity index (χ1n) is 34.0. The third kappa shape index (κ3) is 66.5. The average Bonchev–Trinajstić information content (AvgIpc) is 3.47. The lowest BCUT2D eigenvalue weighted by Gasteiger charge is -2.18. The number of ether oxygens (including phenoxy) is 3. The van der Waals surface area contributed by atoms with E-state index in [0.717, 1.165) is 109 Å². The Balaban J connectivity index is 4.36. The highest BCUT2D eigenvalue weighted by molar-refractivity contribution is 5.71. The highest BCUT2D eigenvalue weighted by Gasteiger charge is 2.19. The molecule has 0 aliphatic rings. The second-order valence-corrected chi connectivity index (χ2v) is 22.3. The zero-order chi connectivity index (χ0) is 58.5. The molecule has 6 heteroatoms. The summed E-state index contributed by atoms with van der Waals surface area (Å²) in [5.41, 5.74) is 0. The van der Waals surface area contributed by atoms with Crippen LogP contribution in [0.5, 0.6) is 0 Å². The largest absolute Gasteiger partial charge is 0.462 e. The number of hydrogen-bond acceptors (Lipinski definition) is 6. The van der Waals surface area contributed by atoms with Gasteiger partial charge in [0.1, 0.15) is 13.2 Å². The van der Waals surface area contributed by atoms with Crippen molar-refractivity contribution in [1.29, 1.82) is 0 Å². The maximum atomic E-state index is 12.9. The normalized spacial score (nSPS) is 12.9. The molecule has 0 rings (SSSR count). The molecule has 0 saturated carbocycles. The van der Waals surface area contributed by atoms with E-state index < -0.39 is 12.1 Å². The molecule has 0 aliphatic heterocycles. The van der Waals surface area contributed by atoms with Crippen LogP contribution < -0.4 is 0 Å². The number of unbranched alkanes of at least 4 members (excludes halogenated alkanes) is 30. The van der Waals surface area contributed by atoms with Crippen LogP contribution in [-0.4, -0.2) is 37.2 Å². The fraction of sp³-hybridized carbons (Fsp3) is 0.693. The van der Waals surface area contributed by atoms with E-state index >= 15 is 0 Å². The minimum Gasteiger partial charge on any atom is -0.462 e. The molecular weight excluding hydrogens is 997 g/mol. The zero-order valence-corrected chi connectivity index (χ0v) is 53.0. The molecule has 0 fully saturated rings. The molecule has 0 N–H and O–H groups in total. The van der Waals surface area contributed by atoms with Crippen molar-refractivity contribution in [1.82, 2.24) is 0 Å². The number of esters is 3. The fourth-order valence-corrected chi connectivity index (χ4v) is 9.35. The van der Waals surface area contributed by atoms with Crippen LogP contribution in [0.25, 0.3) is 0 Å². The number of hydrogen-bond donors (Lipinski definition) is 0. The highest BCUT2D eigenvalue weighted by Crippen LogP contribution is 2.16. The summed E-state index contributed by atoms with van der Waals surface area (Å²) in [5, 5.41) is 0. The quantitative estimate of drug-likeness (QED) is 0.0261. The molecule has 0 aromatic rings.